The topological polar surface area (TPSA) is 97.9 Å². The molecule has 0 radical (unpaired) electrons. The van der Waals surface area contributed by atoms with Crippen LogP contribution in [0.2, 0.25) is 0 Å². The molecule has 2 rings (SSSR count). The fourth-order valence-corrected chi connectivity index (χ4v) is 2.97. The van der Waals surface area contributed by atoms with Gasteiger partial charge in [0.05, 0.1) is 27.9 Å². The quantitative estimate of drug-likeness (QED) is 0.545. The van der Waals surface area contributed by atoms with Crippen molar-refractivity contribution in [3.05, 3.63) is 47.0 Å². The summed E-state index contributed by atoms with van der Waals surface area (Å²) < 4.78 is 15.9. The number of nitrogens with one attached hydrogen (secondary N) is 3. The van der Waals surface area contributed by atoms with E-state index in [4.69, 9.17) is 14.2 Å². The SMILES string of the molecule is COc1cc(CCC(=O)NNC(=O)CNc2ccc(C)cc2C)cc(OC)c1OC. The van der Waals surface area contributed by atoms with Crippen molar-refractivity contribution < 1.29 is 23.8 Å². The molecule has 2 amide bonds. The number of carbonyl (C=O) groups is 2. The maximum atomic E-state index is 12.1. The van der Waals surface area contributed by atoms with Crippen LogP contribution in [-0.4, -0.2) is 39.7 Å². The molecule has 0 aliphatic rings. The second-order valence-corrected chi connectivity index (χ2v) is 6.80. The molecule has 8 nitrogen and oxygen atoms in total. The van der Waals surface area contributed by atoms with Crippen LogP contribution in [0, 0.1) is 13.8 Å². The normalized spacial score (nSPS) is 10.2. The fourth-order valence-electron chi connectivity index (χ4n) is 2.97. The first-order valence-electron chi connectivity index (χ1n) is 9.55. The molecule has 3 N–H and O–H groups in total. The van der Waals surface area contributed by atoms with Crippen LogP contribution in [0.4, 0.5) is 5.69 Å². The zero-order valence-electron chi connectivity index (χ0n) is 18.0. The number of hydrogen-bond acceptors (Lipinski definition) is 6. The highest BCUT2D eigenvalue weighted by molar-refractivity contribution is 5.84. The number of aryl methyl sites for hydroxylation is 3. The summed E-state index contributed by atoms with van der Waals surface area (Å²) in [5, 5.41) is 3.05. The summed E-state index contributed by atoms with van der Waals surface area (Å²) in [5.74, 6) is 0.910. The molecular formula is C22H29N3O5. The van der Waals surface area contributed by atoms with Crippen molar-refractivity contribution in [2.24, 2.45) is 0 Å². The van der Waals surface area contributed by atoms with Gasteiger partial charge in [0.2, 0.25) is 11.7 Å². The van der Waals surface area contributed by atoms with Crippen LogP contribution in [-0.2, 0) is 16.0 Å². The Labute approximate surface area is 176 Å². The Morgan fingerprint density at radius 3 is 2.07 bits per heavy atom. The summed E-state index contributed by atoms with van der Waals surface area (Å²) in [6.07, 6.45) is 0.628. The third-order valence-corrected chi connectivity index (χ3v) is 4.53. The minimum Gasteiger partial charge on any atom is -0.493 e. The summed E-state index contributed by atoms with van der Waals surface area (Å²) >= 11 is 0. The van der Waals surface area contributed by atoms with Gasteiger partial charge >= 0.3 is 0 Å². The van der Waals surface area contributed by atoms with Crippen LogP contribution < -0.4 is 30.4 Å². The lowest BCUT2D eigenvalue weighted by Crippen LogP contribution is -2.44. The molecule has 0 atom stereocenters. The molecule has 0 saturated heterocycles. The average Bonchev–Trinajstić information content (AvgIpc) is 2.74. The Bertz CT molecular complexity index is 873. The number of ether oxygens (including phenoxy) is 3. The lowest BCUT2D eigenvalue weighted by atomic mass is 10.1. The molecule has 0 aromatic heterocycles. The summed E-state index contributed by atoms with van der Waals surface area (Å²) in [4.78, 5) is 24.1. The van der Waals surface area contributed by atoms with E-state index in [1.807, 2.05) is 32.0 Å². The predicted octanol–water partition coefficient (Wildman–Crippen LogP) is 2.52. The number of amides is 2. The van der Waals surface area contributed by atoms with Crippen molar-refractivity contribution in [3.8, 4) is 17.2 Å². The Hall–Kier alpha value is -3.42. The molecule has 0 unspecified atom stereocenters. The van der Waals surface area contributed by atoms with Gasteiger partial charge in [0.25, 0.3) is 5.91 Å². The number of anilines is 1. The van der Waals surface area contributed by atoms with Crippen LogP contribution in [0.25, 0.3) is 0 Å². The van der Waals surface area contributed by atoms with Crippen LogP contribution in [0.3, 0.4) is 0 Å². The number of methoxy groups -OCH3 is 3. The van der Waals surface area contributed by atoms with E-state index in [2.05, 4.69) is 16.2 Å². The smallest absolute Gasteiger partial charge is 0.257 e. The Morgan fingerprint density at radius 1 is 0.867 bits per heavy atom. The van der Waals surface area contributed by atoms with Crippen LogP contribution in [0.1, 0.15) is 23.1 Å². The van der Waals surface area contributed by atoms with Gasteiger partial charge in [0, 0.05) is 12.1 Å². The van der Waals surface area contributed by atoms with Gasteiger partial charge in [0.1, 0.15) is 0 Å². The number of benzene rings is 2. The maximum absolute atomic E-state index is 12.1. The van der Waals surface area contributed by atoms with E-state index >= 15 is 0 Å². The molecule has 0 aliphatic carbocycles. The van der Waals surface area contributed by atoms with E-state index in [0.29, 0.717) is 23.7 Å². The summed E-state index contributed by atoms with van der Waals surface area (Å²) in [6, 6.07) is 9.51. The van der Waals surface area contributed by atoms with Gasteiger partial charge < -0.3 is 19.5 Å². The molecule has 0 heterocycles. The second-order valence-electron chi connectivity index (χ2n) is 6.80. The molecule has 162 valence electrons. The molecule has 30 heavy (non-hydrogen) atoms. The van der Waals surface area contributed by atoms with E-state index in [-0.39, 0.29) is 24.8 Å². The van der Waals surface area contributed by atoms with Crippen LogP contribution >= 0.6 is 0 Å². The number of hydrazine groups is 1. The van der Waals surface area contributed by atoms with Crippen molar-refractivity contribution in [1.82, 2.24) is 10.9 Å². The Morgan fingerprint density at radius 2 is 1.50 bits per heavy atom. The van der Waals surface area contributed by atoms with Gasteiger partial charge in [-0.1, -0.05) is 17.7 Å². The summed E-state index contributed by atoms with van der Waals surface area (Å²) in [5.41, 5.74) is 8.78. The largest absolute Gasteiger partial charge is 0.493 e. The second kappa shape index (κ2) is 10.9. The van der Waals surface area contributed by atoms with Gasteiger partial charge in [-0.2, -0.15) is 0 Å². The van der Waals surface area contributed by atoms with Gasteiger partial charge in [0.15, 0.2) is 11.5 Å². The molecule has 0 spiro atoms. The van der Waals surface area contributed by atoms with Gasteiger partial charge in [-0.25, -0.2) is 0 Å². The van der Waals surface area contributed by atoms with Crippen molar-refractivity contribution in [3.63, 3.8) is 0 Å². The lowest BCUT2D eigenvalue weighted by molar-refractivity contribution is -0.128. The van der Waals surface area contributed by atoms with Crippen molar-refractivity contribution in [1.29, 1.82) is 0 Å². The predicted molar refractivity (Wildman–Crippen MR) is 115 cm³/mol. The van der Waals surface area contributed by atoms with Crippen molar-refractivity contribution in [2.75, 3.05) is 33.2 Å². The molecule has 0 bridgehead atoms. The third kappa shape index (κ3) is 6.30. The van der Waals surface area contributed by atoms with E-state index in [9.17, 15) is 9.59 Å². The first-order chi connectivity index (χ1) is 14.4. The Balaban J connectivity index is 1.81. The monoisotopic (exact) mass is 415 g/mol. The molecular weight excluding hydrogens is 386 g/mol. The highest BCUT2D eigenvalue weighted by Gasteiger charge is 2.14. The highest BCUT2D eigenvalue weighted by Crippen LogP contribution is 2.38. The van der Waals surface area contributed by atoms with E-state index < -0.39 is 0 Å². The number of carbonyl (C=O) groups excluding carboxylic acids is 2. The maximum Gasteiger partial charge on any atom is 0.257 e. The zero-order chi connectivity index (χ0) is 22.1. The van der Waals surface area contributed by atoms with Gasteiger partial charge in [-0.3, -0.25) is 20.4 Å². The van der Waals surface area contributed by atoms with Crippen molar-refractivity contribution >= 4 is 17.5 Å². The highest BCUT2D eigenvalue weighted by atomic mass is 16.5. The number of hydrogen-bond donors (Lipinski definition) is 3. The molecule has 2 aromatic carbocycles. The van der Waals surface area contributed by atoms with E-state index in [0.717, 1.165) is 22.4 Å². The average molecular weight is 415 g/mol. The minimum absolute atomic E-state index is 0.0526. The van der Waals surface area contributed by atoms with E-state index in [1.54, 1.807) is 12.1 Å². The minimum atomic E-state index is -0.337. The number of rotatable bonds is 9. The van der Waals surface area contributed by atoms with Crippen LogP contribution in [0.15, 0.2) is 30.3 Å². The van der Waals surface area contributed by atoms with E-state index in [1.165, 1.54) is 21.3 Å². The molecule has 2 aromatic rings. The van der Waals surface area contributed by atoms with Crippen LogP contribution in [0.5, 0.6) is 17.2 Å². The molecule has 0 saturated carbocycles. The molecule has 8 heteroatoms. The van der Waals surface area contributed by atoms with Gasteiger partial charge in [-0.05, 0) is 49.6 Å². The first kappa shape index (κ1) is 22.9. The summed E-state index contributed by atoms with van der Waals surface area (Å²) in [6.45, 7) is 4.03. The Kier molecular flexibility index (Phi) is 8.34. The lowest BCUT2D eigenvalue weighted by Gasteiger charge is -2.14. The third-order valence-electron chi connectivity index (χ3n) is 4.53. The summed E-state index contributed by atoms with van der Waals surface area (Å²) in [7, 11) is 4.61. The van der Waals surface area contributed by atoms with Gasteiger partial charge in [-0.15, -0.1) is 0 Å². The molecule has 0 aliphatic heterocycles. The van der Waals surface area contributed by atoms with Crippen molar-refractivity contribution in [2.45, 2.75) is 26.7 Å². The fraction of sp³-hybridized carbons (Fsp3) is 0.364. The first-order valence-corrected chi connectivity index (χ1v) is 9.55. The standard InChI is InChI=1S/C22H29N3O5/c1-14-6-8-17(15(2)10-14)23-13-21(27)25-24-20(26)9-7-16-11-18(28-3)22(30-5)19(12-16)29-4/h6,8,10-12,23H,7,9,13H2,1-5H3,(H,24,26)(H,25,27). The molecule has 0 fully saturated rings. The zero-order valence-corrected chi connectivity index (χ0v) is 18.0.